The van der Waals surface area contributed by atoms with Crippen LogP contribution in [0.1, 0.15) is 38.2 Å². The molecule has 1 aromatic rings. The highest BCUT2D eigenvalue weighted by Gasteiger charge is 2.20. The fourth-order valence-electron chi connectivity index (χ4n) is 2.20. The molecule has 2 rings (SSSR count). The van der Waals surface area contributed by atoms with Crippen molar-refractivity contribution in [3.05, 3.63) is 23.9 Å². The molecule has 1 aliphatic carbocycles. The summed E-state index contributed by atoms with van der Waals surface area (Å²) in [6.45, 7) is 5.97. The van der Waals surface area contributed by atoms with Crippen molar-refractivity contribution in [1.29, 1.82) is 0 Å². The Balaban J connectivity index is 1.65. The van der Waals surface area contributed by atoms with Gasteiger partial charge in [0, 0.05) is 45.1 Å². The first-order valence-corrected chi connectivity index (χ1v) is 8.92. The molecule has 1 fully saturated rings. The lowest BCUT2D eigenvalue weighted by atomic mass is 10.2. The molecule has 6 heteroatoms. The summed E-state index contributed by atoms with van der Waals surface area (Å²) in [5.41, 5.74) is 1.03. The Kier molecular flexibility index (Phi) is 8.38. The third kappa shape index (κ3) is 7.17. The molecule has 6 nitrogen and oxygen atoms in total. The normalized spacial score (nSPS) is 14.5. The summed E-state index contributed by atoms with van der Waals surface area (Å²) in [5.74, 6) is 2.30. The minimum absolute atomic E-state index is 0.630. The van der Waals surface area contributed by atoms with E-state index in [-0.39, 0.29) is 0 Å². The summed E-state index contributed by atoms with van der Waals surface area (Å²) in [6.07, 6.45) is 6.38. The maximum atomic E-state index is 5.67. The van der Waals surface area contributed by atoms with E-state index in [0.29, 0.717) is 19.0 Å². The van der Waals surface area contributed by atoms with Crippen LogP contribution in [0.4, 0.5) is 0 Å². The smallest absolute Gasteiger partial charge is 0.218 e. The van der Waals surface area contributed by atoms with Crippen LogP contribution in [0.15, 0.2) is 23.3 Å². The number of hydrogen-bond acceptors (Lipinski definition) is 4. The van der Waals surface area contributed by atoms with Crippen LogP contribution in [0.25, 0.3) is 0 Å². The molecule has 0 aromatic carbocycles. The summed E-state index contributed by atoms with van der Waals surface area (Å²) in [5, 5.41) is 6.60. The van der Waals surface area contributed by atoms with Gasteiger partial charge >= 0.3 is 0 Å². The lowest BCUT2D eigenvalue weighted by Gasteiger charge is -2.14. The highest BCUT2D eigenvalue weighted by atomic mass is 16.5. The van der Waals surface area contributed by atoms with Gasteiger partial charge in [-0.3, -0.25) is 4.99 Å². The molecule has 1 saturated carbocycles. The van der Waals surface area contributed by atoms with Gasteiger partial charge in [-0.25, -0.2) is 4.98 Å². The summed E-state index contributed by atoms with van der Waals surface area (Å²) in [6, 6.07) is 3.94. The quantitative estimate of drug-likeness (QED) is 0.369. The number of pyridine rings is 1. The van der Waals surface area contributed by atoms with Gasteiger partial charge in [0.15, 0.2) is 5.96 Å². The highest BCUT2D eigenvalue weighted by Crippen LogP contribution is 2.28. The van der Waals surface area contributed by atoms with Gasteiger partial charge in [-0.05, 0) is 37.7 Å². The van der Waals surface area contributed by atoms with Crippen molar-refractivity contribution < 1.29 is 9.47 Å². The first-order valence-electron chi connectivity index (χ1n) is 8.92. The van der Waals surface area contributed by atoms with E-state index in [2.05, 4.69) is 27.5 Å². The minimum Gasteiger partial charge on any atom is -0.477 e. The number of aromatic nitrogens is 1. The molecule has 134 valence electrons. The van der Waals surface area contributed by atoms with Gasteiger partial charge in [-0.1, -0.05) is 13.0 Å². The van der Waals surface area contributed by atoms with Crippen LogP contribution in [0, 0.1) is 5.92 Å². The van der Waals surface area contributed by atoms with Crippen molar-refractivity contribution in [3.8, 4) is 5.88 Å². The van der Waals surface area contributed by atoms with Crippen molar-refractivity contribution in [2.24, 2.45) is 10.9 Å². The lowest BCUT2D eigenvalue weighted by molar-refractivity contribution is 0.123. The van der Waals surface area contributed by atoms with Crippen LogP contribution in [-0.2, 0) is 11.3 Å². The molecule has 0 atom stereocenters. The molecule has 1 aromatic heterocycles. The molecule has 2 N–H and O–H groups in total. The molecule has 1 aliphatic rings. The van der Waals surface area contributed by atoms with Crippen molar-refractivity contribution in [3.63, 3.8) is 0 Å². The van der Waals surface area contributed by atoms with Gasteiger partial charge in [0.25, 0.3) is 0 Å². The maximum Gasteiger partial charge on any atom is 0.218 e. The van der Waals surface area contributed by atoms with E-state index in [1.54, 1.807) is 13.2 Å². The number of hydrogen-bond donors (Lipinski definition) is 2. The maximum absolute atomic E-state index is 5.67. The van der Waals surface area contributed by atoms with Gasteiger partial charge in [-0.2, -0.15) is 0 Å². The van der Waals surface area contributed by atoms with Crippen LogP contribution in [0.3, 0.4) is 0 Å². The average Bonchev–Trinajstić information content (AvgIpc) is 3.43. The van der Waals surface area contributed by atoms with Gasteiger partial charge in [-0.15, -0.1) is 0 Å². The Morgan fingerprint density at radius 3 is 2.96 bits per heavy atom. The Hall–Kier alpha value is -1.82. The van der Waals surface area contributed by atoms with Gasteiger partial charge < -0.3 is 20.1 Å². The lowest BCUT2D eigenvalue weighted by Crippen LogP contribution is -2.37. The molecule has 24 heavy (non-hydrogen) atoms. The molecule has 0 amide bonds. The SMILES string of the molecule is CCCOc1ncccc1CNC(=NC)NCCCOCC1CC1. The second-order valence-electron chi connectivity index (χ2n) is 6.04. The molecular formula is C18H30N4O2. The monoisotopic (exact) mass is 334 g/mol. The number of ether oxygens (including phenoxy) is 2. The molecule has 0 aliphatic heterocycles. The van der Waals surface area contributed by atoms with Crippen LogP contribution in [-0.4, -0.2) is 44.4 Å². The zero-order chi connectivity index (χ0) is 17.0. The molecule has 0 spiro atoms. The molecule has 0 bridgehead atoms. The van der Waals surface area contributed by atoms with Gasteiger partial charge in [0.05, 0.1) is 6.61 Å². The van der Waals surface area contributed by atoms with E-state index in [9.17, 15) is 0 Å². The van der Waals surface area contributed by atoms with E-state index in [1.165, 1.54) is 12.8 Å². The van der Waals surface area contributed by atoms with E-state index < -0.39 is 0 Å². The van der Waals surface area contributed by atoms with Crippen LogP contribution in [0.2, 0.25) is 0 Å². The third-order valence-corrected chi connectivity index (χ3v) is 3.77. The molecule has 0 saturated heterocycles. The molecule has 1 heterocycles. The number of nitrogens with one attached hydrogen (secondary N) is 2. The van der Waals surface area contributed by atoms with E-state index >= 15 is 0 Å². The molecule has 0 unspecified atom stereocenters. The Labute approximate surface area is 145 Å². The predicted octanol–water partition coefficient (Wildman–Crippen LogP) is 2.35. The topological polar surface area (TPSA) is 67.8 Å². The van der Waals surface area contributed by atoms with E-state index in [1.807, 2.05) is 12.1 Å². The van der Waals surface area contributed by atoms with Crippen LogP contribution in [0.5, 0.6) is 5.88 Å². The van der Waals surface area contributed by atoms with E-state index in [4.69, 9.17) is 9.47 Å². The number of rotatable bonds is 11. The Bertz CT molecular complexity index is 504. The fraction of sp³-hybridized carbons (Fsp3) is 0.667. The second kappa shape index (κ2) is 10.9. The summed E-state index contributed by atoms with van der Waals surface area (Å²) in [4.78, 5) is 8.54. The number of aliphatic imine (C=N–C) groups is 1. The third-order valence-electron chi connectivity index (χ3n) is 3.77. The van der Waals surface area contributed by atoms with Crippen molar-refractivity contribution in [1.82, 2.24) is 15.6 Å². The van der Waals surface area contributed by atoms with Gasteiger partial charge in [0.2, 0.25) is 5.88 Å². The fourth-order valence-corrected chi connectivity index (χ4v) is 2.20. The summed E-state index contributed by atoms with van der Waals surface area (Å²) in [7, 11) is 1.77. The highest BCUT2D eigenvalue weighted by molar-refractivity contribution is 5.79. The first-order chi connectivity index (χ1) is 11.8. The van der Waals surface area contributed by atoms with Crippen molar-refractivity contribution in [2.75, 3.05) is 33.4 Å². The minimum atomic E-state index is 0.630. The first kappa shape index (κ1) is 18.5. The van der Waals surface area contributed by atoms with Crippen molar-refractivity contribution >= 4 is 5.96 Å². The molecule has 0 radical (unpaired) electrons. The summed E-state index contributed by atoms with van der Waals surface area (Å²) < 4.78 is 11.3. The average molecular weight is 334 g/mol. The van der Waals surface area contributed by atoms with Gasteiger partial charge in [0.1, 0.15) is 0 Å². The van der Waals surface area contributed by atoms with Crippen LogP contribution >= 0.6 is 0 Å². The Morgan fingerprint density at radius 2 is 2.21 bits per heavy atom. The zero-order valence-corrected chi connectivity index (χ0v) is 14.9. The Morgan fingerprint density at radius 1 is 1.33 bits per heavy atom. The summed E-state index contributed by atoms with van der Waals surface area (Å²) >= 11 is 0. The van der Waals surface area contributed by atoms with Crippen LogP contribution < -0.4 is 15.4 Å². The molecular weight excluding hydrogens is 304 g/mol. The van der Waals surface area contributed by atoms with Crippen molar-refractivity contribution in [2.45, 2.75) is 39.2 Å². The number of nitrogens with zero attached hydrogens (tertiary/aromatic N) is 2. The zero-order valence-electron chi connectivity index (χ0n) is 14.9. The second-order valence-corrected chi connectivity index (χ2v) is 6.04. The number of guanidine groups is 1. The largest absolute Gasteiger partial charge is 0.477 e. The standard InChI is InChI=1S/C18H30N4O2/c1-3-11-24-17-16(6-4-9-20-17)13-22-18(19-2)21-10-5-12-23-14-15-7-8-15/h4,6,9,15H,3,5,7-8,10-14H2,1-2H3,(H2,19,21,22). The predicted molar refractivity (Wildman–Crippen MR) is 96.4 cm³/mol. The van der Waals surface area contributed by atoms with E-state index in [0.717, 1.165) is 50.0 Å².